The molecule has 0 radical (unpaired) electrons. The molecule has 0 aliphatic heterocycles. The number of nitrogens with zero attached hydrogens (tertiary/aromatic N) is 1. The monoisotopic (exact) mass is 377 g/mol. The number of ether oxygens (including phenoxy) is 1. The molecule has 2 aromatic carbocycles. The highest BCUT2D eigenvalue weighted by molar-refractivity contribution is 5.92. The van der Waals surface area contributed by atoms with Gasteiger partial charge in [0.1, 0.15) is 5.75 Å². The molecule has 3 aromatic rings. The van der Waals surface area contributed by atoms with Gasteiger partial charge in [0.25, 0.3) is 0 Å². The molecule has 5 nitrogen and oxygen atoms in total. The molecular weight excluding hydrogens is 350 g/mol. The normalized spacial score (nSPS) is 11.6. The number of hydrogen-bond acceptors (Lipinski definition) is 4. The number of hydrogen-bond donors (Lipinski definition) is 2. The van der Waals surface area contributed by atoms with Crippen molar-refractivity contribution in [1.82, 2.24) is 11.1 Å². The van der Waals surface area contributed by atoms with Crippen molar-refractivity contribution in [2.24, 2.45) is 5.73 Å². The van der Waals surface area contributed by atoms with E-state index in [1.807, 2.05) is 24.3 Å². The third-order valence-corrected chi connectivity index (χ3v) is 4.64. The highest BCUT2D eigenvalue weighted by atomic mass is 16.5. The highest BCUT2D eigenvalue weighted by Crippen LogP contribution is 2.41. The Morgan fingerprint density at radius 2 is 1.61 bits per heavy atom. The maximum atomic E-state index is 10.9. The molecule has 5 heteroatoms. The Morgan fingerprint density at radius 3 is 2.04 bits per heavy atom. The highest BCUT2D eigenvalue weighted by Gasteiger charge is 2.25. The van der Waals surface area contributed by atoms with Crippen molar-refractivity contribution in [1.29, 1.82) is 0 Å². The average molecular weight is 377 g/mol. The molecule has 146 valence electrons. The van der Waals surface area contributed by atoms with Crippen LogP contribution in [0, 0.1) is 0 Å². The van der Waals surface area contributed by atoms with Crippen molar-refractivity contribution < 1.29 is 9.53 Å². The predicted molar refractivity (Wildman–Crippen MR) is 112 cm³/mol. The first-order valence-electron chi connectivity index (χ1n) is 9.08. The summed E-state index contributed by atoms with van der Waals surface area (Å²) < 4.78 is 5.58. The van der Waals surface area contributed by atoms with E-state index in [1.165, 1.54) is 22.9 Å². The van der Waals surface area contributed by atoms with E-state index < -0.39 is 5.91 Å². The second-order valence-electron chi connectivity index (χ2n) is 6.93. The van der Waals surface area contributed by atoms with Gasteiger partial charge in [0, 0.05) is 18.2 Å². The van der Waals surface area contributed by atoms with Crippen LogP contribution in [0.4, 0.5) is 0 Å². The SMILES string of the molecule is CC(C)c1ccc(Oc2ccc(C(N)=O)cn2)cc1.CC1c2ccccc21.N. The summed E-state index contributed by atoms with van der Waals surface area (Å²) in [5.41, 5.74) is 9.83. The Labute approximate surface area is 166 Å². The summed E-state index contributed by atoms with van der Waals surface area (Å²) in [6, 6.07) is 19.7. The third kappa shape index (κ3) is 5.18. The van der Waals surface area contributed by atoms with Gasteiger partial charge in [-0.1, -0.05) is 57.2 Å². The quantitative estimate of drug-likeness (QED) is 0.635. The maximum absolute atomic E-state index is 10.9. The van der Waals surface area contributed by atoms with Crippen molar-refractivity contribution >= 4 is 5.91 Å². The number of benzene rings is 2. The fourth-order valence-electron chi connectivity index (χ4n) is 2.81. The van der Waals surface area contributed by atoms with Crippen LogP contribution in [0.2, 0.25) is 0 Å². The van der Waals surface area contributed by atoms with E-state index in [1.54, 1.807) is 12.1 Å². The number of nitrogens with two attached hydrogens (primary N) is 1. The second kappa shape index (κ2) is 9.15. The van der Waals surface area contributed by atoms with Crippen LogP contribution in [0.1, 0.15) is 59.7 Å². The number of pyridine rings is 1. The van der Waals surface area contributed by atoms with Gasteiger partial charge >= 0.3 is 0 Å². The van der Waals surface area contributed by atoms with E-state index >= 15 is 0 Å². The van der Waals surface area contributed by atoms with Crippen LogP contribution in [0.5, 0.6) is 11.6 Å². The van der Waals surface area contributed by atoms with Crippen LogP contribution in [-0.4, -0.2) is 10.9 Å². The van der Waals surface area contributed by atoms with Gasteiger partial charge in [0.05, 0.1) is 5.56 Å². The van der Waals surface area contributed by atoms with Gasteiger partial charge in [0.2, 0.25) is 11.8 Å². The zero-order valence-corrected chi connectivity index (χ0v) is 16.6. The molecule has 0 atom stereocenters. The van der Waals surface area contributed by atoms with Gasteiger partial charge in [-0.15, -0.1) is 0 Å². The minimum absolute atomic E-state index is 0. The van der Waals surface area contributed by atoms with Gasteiger partial charge in [-0.05, 0) is 40.8 Å². The predicted octanol–water partition coefficient (Wildman–Crippen LogP) is 5.41. The minimum Gasteiger partial charge on any atom is -0.439 e. The summed E-state index contributed by atoms with van der Waals surface area (Å²) in [5, 5.41) is 0. The van der Waals surface area contributed by atoms with Crippen LogP contribution in [0.15, 0.2) is 66.9 Å². The molecule has 0 bridgehead atoms. The largest absolute Gasteiger partial charge is 0.439 e. The van der Waals surface area contributed by atoms with Crippen molar-refractivity contribution in [2.45, 2.75) is 32.6 Å². The smallest absolute Gasteiger partial charge is 0.250 e. The average Bonchev–Trinajstić information content (AvgIpc) is 3.34. The lowest BCUT2D eigenvalue weighted by atomic mass is 10.0. The van der Waals surface area contributed by atoms with Crippen molar-refractivity contribution in [2.75, 3.05) is 0 Å². The molecule has 1 aliphatic carbocycles. The van der Waals surface area contributed by atoms with Crippen LogP contribution < -0.4 is 16.6 Å². The summed E-state index contributed by atoms with van der Waals surface area (Å²) >= 11 is 0. The zero-order chi connectivity index (χ0) is 19.4. The summed E-state index contributed by atoms with van der Waals surface area (Å²) in [4.78, 5) is 14.9. The lowest BCUT2D eigenvalue weighted by molar-refractivity contribution is 0.1000. The summed E-state index contributed by atoms with van der Waals surface area (Å²) in [7, 11) is 0. The molecule has 0 spiro atoms. The van der Waals surface area contributed by atoms with Gasteiger partial charge in [0.15, 0.2) is 0 Å². The molecule has 28 heavy (non-hydrogen) atoms. The van der Waals surface area contributed by atoms with E-state index in [9.17, 15) is 4.79 Å². The Bertz CT molecular complexity index is 896. The van der Waals surface area contributed by atoms with Crippen molar-refractivity contribution in [3.8, 4) is 11.6 Å². The topological polar surface area (TPSA) is 100 Å². The Kier molecular flexibility index (Phi) is 6.90. The fourth-order valence-corrected chi connectivity index (χ4v) is 2.81. The third-order valence-electron chi connectivity index (χ3n) is 4.64. The van der Waals surface area contributed by atoms with E-state index in [4.69, 9.17) is 10.5 Å². The molecule has 0 saturated carbocycles. The van der Waals surface area contributed by atoms with Gasteiger partial charge in [-0.3, -0.25) is 4.79 Å². The molecule has 1 amide bonds. The molecule has 1 aromatic heterocycles. The van der Waals surface area contributed by atoms with E-state index in [-0.39, 0.29) is 6.15 Å². The molecule has 1 aliphatic rings. The van der Waals surface area contributed by atoms with Crippen LogP contribution in [0.3, 0.4) is 0 Å². The molecular formula is C23H27N3O2. The van der Waals surface area contributed by atoms with Gasteiger partial charge in [-0.25, -0.2) is 4.98 Å². The first-order valence-corrected chi connectivity index (χ1v) is 9.08. The first-order chi connectivity index (χ1) is 13.0. The van der Waals surface area contributed by atoms with E-state index in [2.05, 4.69) is 50.0 Å². The Balaban J connectivity index is 0.000000258. The van der Waals surface area contributed by atoms with Crippen molar-refractivity contribution in [3.63, 3.8) is 0 Å². The zero-order valence-electron chi connectivity index (χ0n) is 16.6. The number of fused-ring (bicyclic) bond motifs is 1. The van der Waals surface area contributed by atoms with Gasteiger partial charge in [-0.2, -0.15) is 0 Å². The summed E-state index contributed by atoms with van der Waals surface area (Å²) in [5.74, 6) is 1.90. The number of rotatable bonds is 4. The lowest BCUT2D eigenvalue weighted by Crippen LogP contribution is -2.10. The second-order valence-corrected chi connectivity index (χ2v) is 6.93. The molecule has 4 rings (SSSR count). The number of primary amides is 1. The Morgan fingerprint density at radius 1 is 1.00 bits per heavy atom. The van der Waals surface area contributed by atoms with Crippen molar-refractivity contribution in [3.05, 3.63) is 89.1 Å². The summed E-state index contributed by atoms with van der Waals surface area (Å²) in [6.45, 7) is 6.52. The van der Waals surface area contributed by atoms with E-state index in [0.717, 1.165) is 5.92 Å². The number of carbonyl (C=O) groups is 1. The molecule has 0 saturated heterocycles. The molecule has 0 unspecified atom stereocenters. The molecule has 0 fully saturated rings. The standard InChI is InChI=1S/C15H16N2O2.C8H8.H3N/c1-10(2)11-3-6-13(7-4-11)19-14-8-5-12(9-17-14)15(16)18;1-6-7-4-2-3-5-8(6)7;/h3-10H,1-2H3,(H2,16,18);2-6H,1H3;1H3. The van der Waals surface area contributed by atoms with Gasteiger partial charge < -0.3 is 16.6 Å². The Hall–Kier alpha value is -3.18. The lowest BCUT2D eigenvalue weighted by Gasteiger charge is -2.08. The van der Waals surface area contributed by atoms with Crippen LogP contribution in [0.25, 0.3) is 0 Å². The maximum Gasteiger partial charge on any atom is 0.250 e. The first kappa shape index (κ1) is 21.1. The minimum atomic E-state index is -0.500. The number of amides is 1. The fraction of sp³-hybridized carbons (Fsp3) is 0.217. The number of carbonyl (C=O) groups excluding carboxylic acids is 1. The van der Waals surface area contributed by atoms with Crippen LogP contribution >= 0.6 is 0 Å². The number of aromatic nitrogens is 1. The molecule has 5 N–H and O–H groups in total. The van der Waals surface area contributed by atoms with Crippen LogP contribution in [-0.2, 0) is 0 Å². The summed E-state index contributed by atoms with van der Waals surface area (Å²) in [6.07, 6.45) is 1.40. The van der Waals surface area contributed by atoms with E-state index in [0.29, 0.717) is 23.1 Å². The molecule has 1 heterocycles.